The van der Waals surface area contributed by atoms with E-state index in [2.05, 4.69) is 13.8 Å². The minimum Gasteiger partial charge on any atom is -0.481 e. The summed E-state index contributed by atoms with van der Waals surface area (Å²) in [6.45, 7) is 4.43. The summed E-state index contributed by atoms with van der Waals surface area (Å²) in [5, 5.41) is 20.3. The Labute approximate surface area is 103 Å². The van der Waals surface area contributed by atoms with Gasteiger partial charge in [-0.15, -0.1) is 0 Å². The summed E-state index contributed by atoms with van der Waals surface area (Å²) in [5.74, 6) is -0.786. The Bertz CT molecular complexity index is 317. The van der Waals surface area contributed by atoms with Crippen LogP contribution in [0.25, 0.3) is 0 Å². The summed E-state index contributed by atoms with van der Waals surface area (Å²) in [6.07, 6.45) is 6.51. The molecule has 2 N–H and O–H groups in total. The van der Waals surface area contributed by atoms with Gasteiger partial charge in [-0.2, -0.15) is 0 Å². The van der Waals surface area contributed by atoms with Gasteiger partial charge in [0.05, 0.1) is 11.0 Å². The summed E-state index contributed by atoms with van der Waals surface area (Å²) < 4.78 is 0. The van der Waals surface area contributed by atoms with Gasteiger partial charge in [0, 0.05) is 0 Å². The number of rotatable bonds is 2. The SMILES string of the molecule is CC1(C)CCCC(O)(C2(C(=O)O)CCC2)CC1. The van der Waals surface area contributed by atoms with Gasteiger partial charge in [0.1, 0.15) is 0 Å². The first-order chi connectivity index (χ1) is 7.81. The fraction of sp³-hybridized carbons (Fsp3) is 0.929. The van der Waals surface area contributed by atoms with Crippen LogP contribution in [0.1, 0.15) is 65.2 Å². The predicted molar refractivity (Wildman–Crippen MR) is 65.7 cm³/mol. The van der Waals surface area contributed by atoms with Crippen molar-refractivity contribution in [2.45, 2.75) is 70.8 Å². The van der Waals surface area contributed by atoms with E-state index in [4.69, 9.17) is 0 Å². The lowest BCUT2D eigenvalue weighted by Crippen LogP contribution is -2.57. The summed E-state index contributed by atoms with van der Waals surface area (Å²) in [4.78, 5) is 11.5. The molecule has 0 aromatic heterocycles. The van der Waals surface area contributed by atoms with Gasteiger partial charge in [-0.3, -0.25) is 4.79 Å². The standard InChI is InChI=1S/C14H24O3/c1-12(2)5-3-8-14(17,10-9-12)13(11(15)16)6-4-7-13/h17H,3-10H2,1-2H3,(H,15,16). The van der Waals surface area contributed by atoms with Gasteiger partial charge in [-0.1, -0.05) is 26.7 Å². The van der Waals surface area contributed by atoms with Gasteiger partial charge in [-0.05, 0) is 43.9 Å². The molecule has 0 heterocycles. The van der Waals surface area contributed by atoms with Gasteiger partial charge in [0.15, 0.2) is 0 Å². The molecule has 0 radical (unpaired) electrons. The van der Waals surface area contributed by atoms with Crippen molar-refractivity contribution in [3.05, 3.63) is 0 Å². The van der Waals surface area contributed by atoms with Gasteiger partial charge in [-0.25, -0.2) is 0 Å². The van der Waals surface area contributed by atoms with Crippen molar-refractivity contribution in [3.63, 3.8) is 0 Å². The molecule has 0 aromatic carbocycles. The normalized spacial score (nSPS) is 35.7. The number of aliphatic hydroxyl groups is 1. The Hall–Kier alpha value is -0.570. The molecule has 2 aliphatic carbocycles. The maximum Gasteiger partial charge on any atom is 0.312 e. The number of carboxylic acid groups (broad SMARTS) is 1. The van der Waals surface area contributed by atoms with Gasteiger partial charge in [0.2, 0.25) is 0 Å². The van der Waals surface area contributed by atoms with Crippen LogP contribution < -0.4 is 0 Å². The summed E-state index contributed by atoms with van der Waals surface area (Å²) in [7, 11) is 0. The van der Waals surface area contributed by atoms with Crippen LogP contribution in [0.2, 0.25) is 0 Å². The molecule has 2 fully saturated rings. The highest BCUT2D eigenvalue weighted by Gasteiger charge is 2.59. The molecule has 1 unspecified atom stereocenters. The second-order valence-corrected chi connectivity index (χ2v) is 6.79. The smallest absolute Gasteiger partial charge is 0.312 e. The molecule has 2 rings (SSSR count). The van der Waals surface area contributed by atoms with Gasteiger partial charge >= 0.3 is 5.97 Å². The number of aliphatic carboxylic acids is 1. The van der Waals surface area contributed by atoms with Crippen LogP contribution in [0.3, 0.4) is 0 Å². The molecular weight excluding hydrogens is 216 g/mol. The first-order valence-corrected chi connectivity index (χ1v) is 6.77. The van der Waals surface area contributed by atoms with Crippen molar-refractivity contribution in [2.75, 3.05) is 0 Å². The van der Waals surface area contributed by atoms with Gasteiger partial charge < -0.3 is 10.2 Å². The fourth-order valence-electron chi connectivity index (χ4n) is 3.54. The average Bonchev–Trinajstić information content (AvgIpc) is 2.24. The lowest BCUT2D eigenvalue weighted by atomic mass is 9.56. The molecule has 3 heteroatoms. The quantitative estimate of drug-likeness (QED) is 0.730. The highest BCUT2D eigenvalue weighted by molar-refractivity contribution is 5.77. The van der Waals surface area contributed by atoms with E-state index in [1.54, 1.807) is 0 Å². The summed E-state index contributed by atoms with van der Waals surface area (Å²) in [6, 6.07) is 0. The van der Waals surface area contributed by atoms with Crippen molar-refractivity contribution in [3.8, 4) is 0 Å². The minimum absolute atomic E-state index is 0.244. The lowest BCUT2D eigenvalue weighted by Gasteiger charge is -2.50. The fourth-order valence-corrected chi connectivity index (χ4v) is 3.54. The van der Waals surface area contributed by atoms with Crippen molar-refractivity contribution in [2.24, 2.45) is 10.8 Å². The molecule has 0 bridgehead atoms. The molecular formula is C14H24O3. The number of carbonyl (C=O) groups is 1. The third-order valence-corrected chi connectivity index (χ3v) is 5.17. The molecule has 2 aliphatic rings. The van der Waals surface area contributed by atoms with E-state index >= 15 is 0 Å². The van der Waals surface area contributed by atoms with E-state index in [-0.39, 0.29) is 5.41 Å². The highest BCUT2D eigenvalue weighted by atomic mass is 16.4. The zero-order valence-electron chi connectivity index (χ0n) is 11.0. The number of hydrogen-bond donors (Lipinski definition) is 2. The molecule has 0 aromatic rings. The van der Waals surface area contributed by atoms with E-state index < -0.39 is 17.0 Å². The number of carboxylic acids is 1. The molecule has 0 spiro atoms. The van der Waals surface area contributed by atoms with Crippen molar-refractivity contribution >= 4 is 5.97 Å². The Morgan fingerprint density at radius 3 is 2.00 bits per heavy atom. The molecule has 0 aliphatic heterocycles. The third kappa shape index (κ3) is 1.99. The van der Waals surface area contributed by atoms with Crippen LogP contribution in [0, 0.1) is 10.8 Å². The molecule has 0 saturated heterocycles. The van der Waals surface area contributed by atoms with Crippen LogP contribution in [0.15, 0.2) is 0 Å². The summed E-state index contributed by atoms with van der Waals surface area (Å²) in [5.41, 5.74) is -1.56. The third-order valence-electron chi connectivity index (χ3n) is 5.17. The average molecular weight is 240 g/mol. The molecule has 98 valence electrons. The largest absolute Gasteiger partial charge is 0.481 e. The van der Waals surface area contributed by atoms with Crippen LogP contribution in [-0.2, 0) is 4.79 Å². The monoisotopic (exact) mass is 240 g/mol. The second kappa shape index (κ2) is 3.98. The van der Waals surface area contributed by atoms with Crippen LogP contribution in [0.4, 0.5) is 0 Å². The minimum atomic E-state index is -0.967. The van der Waals surface area contributed by atoms with Crippen molar-refractivity contribution in [1.82, 2.24) is 0 Å². The Morgan fingerprint density at radius 1 is 0.941 bits per heavy atom. The predicted octanol–water partition coefficient (Wildman–Crippen LogP) is 2.96. The van der Waals surface area contributed by atoms with Crippen LogP contribution in [-0.4, -0.2) is 21.8 Å². The second-order valence-electron chi connectivity index (χ2n) is 6.79. The molecule has 0 amide bonds. The van der Waals surface area contributed by atoms with E-state index in [1.165, 1.54) is 0 Å². The maximum atomic E-state index is 11.5. The molecule has 1 atom stereocenters. The first-order valence-electron chi connectivity index (χ1n) is 6.77. The van der Waals surface area contributed by atoms with E-state index in [0.29, 0.717) is 25.7 Å². The summed E-state index contributed by atoms with van der Waals surface area (Å²) >= 11 is 0. The molecule has 3 nitrogen and oxygen atoms in total. The first kappa shape index (κ1) is 12.9. The lowest BCUT2D eigenvalue weighted by molar-refractivity contribution is -0.187. The Kier molecular flexibility index (Phi) is 3.01. The highest BCUT2D eigenvalue weighted by Crippen LogP contribution is 2.55. The van der Waals surface area contributed by atoms with Crippen molar-refractivity contribution in [1.29, 1.82) is 0 Å². The zero-order chi connectivity index (χ0) is 12.7. The molecule has 17 heavy (non-hydrogen) atoms. The topological polar surface area (TPSA) is 57.5 Å². The Balaban J connectivity index is 2.21. The zero-order valence-corrected chi connectivity index (χ0v) is 11.0. The van der Waals surface area contributed by atoms with E-state index in [9.17, 15) is 15.0 Å². The van der Waals surface area contributed by atoms with Crippen LogP contribution >= 0.6 is 0 Å². The van der Waals surface area contributed by atoms with Gasteiger partial charge in [0.25, 0.3) is 0 Å². The maximum absolute atomic E-state index is 11.5. The van der Waals surface area contributed by atoms with E-state index in [0.717, 1.165) is 25.7 Å². The van der Waals surface area contributed by atoms with E-state index in [1.807, 2.05) is 0 Å². The van der Waals surface area contributed by atoms with Crippen molar-refractivity contribution < 1.29 is 15.0 Å². The Morgan fingerprint density at radius 2 is 1.53 bits per heavy atom. The number of hydrogen-bond acceptors (Lipinski definition) is 2. The van der Waals surface area contributed by atoms with Crippen LogP contribution in [0.5, 0.6) is 0 Å². The molecule has 2 saturated carbocycles.